The summed E-state index contributed by atoms with van der Waals surface area (Å²) in [5, 5.41) is 2.86. The molecule has 0 spiro atoms. The summed E-state index contributed by atoms with van der Waals surface area (Å²) in [4.78, 5) is 6.17. The Hall–Kier alpha value is -1.50. The van der Waals surface area contributed by atoms with Crippen LogP contribution >= 0.6 is 0 Å². The third-order valence-electron chi connectivity index (χ3n) is 3.60. The number of pyridine rings is 1. The maximum atomic E-state index is 13.0. The highest BCUT2D eigenvalue weighted by atomic mass is 19.4. The molecular formula is C14H20F3N3O. The van der Waals surface area contributed by atoms with E-state index in [0.717, 1.165) is 25.0 Å². The molecule has 0 radical (unpaired) electrons. The number of aromatic nitrogens is 1. The summed E-state index contributed by atoms with van der Waals surface area (Å²) in [6, 6.07) is 2.17. The Morgan fingerprint density at radius 2 is 2.00 bits per heavy atom. The van der Waals surface area contributed by atoms with Gasteiger partial charge in [-0.05, 0) is 31.9 Å². The van der Waals surface area contributed by atoms with E-state index in [0.29, 0.717) is 25.5 Å². The first-order valence-corrected chi connectivity index (χ1v) is 7.05. The Kier molecular flexibility index (Phi) is 4.92. The van der Waals surface area contributed by atoms with Crippen LogP contribution in [-0.4, -0.2) is 37.8 Å². The molecule has 1 N–H and O–H groups in total. The average Bonchev–Trinajstić information content (AvgIpc) is 2.46. The van der Waals surface area contributed by atoms with Crippen molar-refractivity contribution in [2.24, 2.45) is 0 Å². The fourth-order valence-electron chi connectivity index (χ4n) is 2.43. The maximum Gasteiger partial charge on any atom is 0.416 e. The zero-order chi connectivity index (χ0) is 15.5. The lowest BCUT2D eigenvalue weighted by molar-refractivity contribution is -0.137. The van der Waals surface area contributed by atoms with Gasteiger partial charge in [-0.2, -0.15) is 13.2 Å². The number of rotatable bonds is 4. The number of nitrogens with one attached hydrogen (secondary N) is 1. The standard InChI is InChI=1S/C14H20F3N3O/c1-3-18-12-8-10(14(15,16)17)9-13(19-12)20-6-4-11(21-2)5-7-20/h8-9,11H,3-7H2,1-2H3,(H,18,19). The number of ether oxygens (including phenoxy) is 1. The van der Waals surface area contributed by atoms with Gasteiger partial charge in [-0.1, -0.05) is 0 Å². The van der Waals surface area contributed by atoms with E-state index in [1.54, 1.807) is 7.11 Å². The van der Waals surface area contributed by atoms with Gasteiger partial charge >= 0.3 is 6.18 Å². The van der Waals surface area contributed by atoms with Crippen LogP contribution < -0.4 is 10.2 Å². The quantitative estimate of drug-likeness (QED) is 0.927. The molecule has 1 aromatic rings. The van der Waals surface area contributed by atoms with Crippen LogP contribution in [0.1, 0.15) is 25.3 Å². The molecule has 21 heavy (non-hydrogen) atoms. The van der Waals surface area contributed by atoms with Gasteiger partial charge in [-0.3, -0.25) is 0 Å². The summed E-state index contributed by atoms with van der Waals surface area (Å²) in [5.74, 6) is 0.631. The summed E-state index contributed by atoms with van der Waals surface area (Å²) in [6.45, 7) is 3.65. The minimum Gasteiger partial charge on any atom is -0.381 e. The van der Waals surface area contributed by atoms with Crippen LogP contribution in [-0.2, 0) is 10.9 Å². The number of halogens is 3. The second-order valence-corrected chi connectivity index (χ2v) is 5.05. The SMILES string of the molecule is CCNc1cc(C(F)(F)F)cc(N2CCC(OC)CC2)n1. The lowest BCUT2D eigenvalue weighted by atomic mass is 10.1. The monoisotopic (exact) mass is 303 g/mol. The van der Waals surface area contributed by atoms with Crippen molar-refractivity contribution in [2.75, 3.05) is 37.0 Å². The summed E-state index contributed by atoms with van der Waals surface area (Å²) in [7, 11) is 1.66. The van der Waals surface area contributed by atoms with Crippen molar-refractivity contribution in [1.29, 1.82) is 0 Å². The Bertz CT molecular complexity index is 471. The van der Waals surface area contributed by atoms with E-state index >= 15 is 0 Å². The van der Waals surface area contributed by atoms with Gasteiger partial charge in [0.25, 0.3) is 0 Å². The third-order valence-corrected chi connectivity index (χ3v) is 3.60. The third kappa shape index (κ3) is 4.00. The fourth-order valence-corrected chi connectivity index (χ4v) is 2.43. The summed E-state index contributed by atoms with van der Waals surface area (Å²) in [6.07, 6.45) is -2.59. The van der Waals surface area contributed by atoms with Crippen molar-refractivity contribution in [3.63, 3.8) is 0 Å². The largest absolute Gasteiger partial charge is 0.416 e. The smallest absolute Gasteiger partial charge is 0.381 e. The number of anilines is 2. The molecule has 1 fully saturated rings. The molecule has 1 saturated heterocycles. The highest BCUT2D eigenvalue weighted by molar-refractivity contribution is 5.51. The van der Waals surface area contributed by atoms with Crippen LogP contribution in [0.3, 0.4) is 0 Å². The van der Waals surface area contributed by atoms with E-state index in [-0.39, 0.29) is 11.9 Å². The number of nitrogens with zero attached hydrogens (tertiary/aromatic N) is 2. The van der Waals surface area contributed by atoms with Crippen molar-refractivity contribution in [3.8, 4) is 0 Å². The van der Waals surface area contributed by atoms with Gasteiger partial charge in [0.2, 0.25) is 0 Å². The molecular weight excluding hydrogens is 283 g/mol. The minimum absolute atomic E-state index is 0.181. The number of methoxy groups -OCH3 is 1. The summed E-state index contributed by atoms with van der Waals surface area (Å²) >= 11 is 0. The molecule has 4 nitrogen and oxygen atoms in total. The van der Waals surface area contributed by atoms with Crippen LogP contribution in [0.2, 0.25) is 0 Å². The Labute approximate surface area is 122 Å². The van der Waals surface area contributed by atoms with E-state index in [9.17, 15) is 13.2 Å². The molecule has 0 unspecified atom stereocenters. The Balaban J connectivity index is 2.24. The molecule has 7 heteroatoms. The number of hydrogen-bond acceptors (Lipinski definition) is 4. The van der Waals surface area contributed by atoms with Gasteiger partial charge in [0.15, 0.2) is 0 Å². The highest BCUT2D eigenvalue weighted by Gasteiger charge is 2.32. The van der Waals surface area contributed by atoms with Crippen molar-refractivity contribution < 1.29 is 17.9 Å². The molecule has 2 heterocycles. The molecule has 0 amide bonds. The highest BCUT2D eigenvalue weighted by Crippen LogP contribution is 2.33. The molecule has 0 saturated carbocycles. The molecule has 1 aliphatic rings. The maximum absolute atomic E-state index is 13.0. The van der Waals surface area contributed by atoms with Gasteiger partial charge in [0.05, 0.1) is 11.7 Å². The first-order valence-electron chi connectivity index (χ1n) is 7.05. The molecule has 0 atom stereocenters. The van der Waals surface area contributed by atoms with Gasteiger partial charge in [0, 0.05) is 26.7 Å². The van der Waals surface area contributed by atoms with E-state index in [1.807, 2.05) is 11.8 Å². The van der Waals surface area contributed by atoms with Crippen molar-refractivity contribution in [3.05, 3.63) is 17.7 Å². The van der Waals surface area contributed by atoms with Crippen molar-refractivity contribution in [1.82, 2.24) is 4.98 Å². The van der Waals surface area contributed by atoms with Gasteiger partial charge in [-0.15, -0.1) is 0 Å². The molecule has 0 aliphatic carbocycles. The molecule has 1 aromatic heterocycles. The molecule has 1 aliphatic heterocycles. The van der Waals surface area contributed by atoms with Crippen LogP contribution in [0, 0.1) is 0 Å². The van der Waals surface area contributed by atoms with Crippen LogP contribution in [0.25, 0.3) is 0 Å². The fraction of sp³-hybridized carbons (Fsp3) is 0.643. The van der Waals surface area contributed by atoms with E-state index < -0.39 is 11.7 Å². The second-order valence-electron chi connectivity index (χ2n) is 5.05. The van der Waals surface area contributed by atoms with Gasteiger partial charge in [-0.25, -0.2) is 4.98 Å². The summed E-state index contributed by atoms with van der Waals surface area (Å²) in [5.41, 5.74) is -0.669. The van der Waals surface area contributed by atoms with Crippen molar-refractivity contribution in [2.45, 2.75) is 32.0 Å². The minimum atomic E-state index is -4.37. The zero-order valence-electron chi connectivity index (χ0n) is 12.2. The van der Waals surface area contributed by atoms with Crippen LogP contribution in [0.15, 0.2) is 12.1 Å². The first kappa shape index (κ1) is 15.9. The van der Waals surface area contributed by atoms with Crippen molar-refractivity contribution >= 4 is 11.6 Å². The van der Waals surface area contributed by atoms with E-state index in [4.69, 9.17) is 4.74 Å². The number of alkyl halides is 3. The first-order chi connectivity index (χ1) is 9.94. The predicted molar refractivity (Wildman–Crippen MR) is 75.6 cm³/mol. The molecule has 118 valence electrons. The number of hydrogen-bond donors (Lipinski definition) is 1. The normalized spacial score (nSPS) is 17.1. The lowest BCUT2D eigenvalue weighted by Crippen LogP contribution is -2.37. The van der Waals surface area contributed by atoms with Crippen LogP contribution in [0.4, 0.5) is 24.8 Å². The average molecular weight is 303 g/mol. The van der Waals surface area contributed by atoms with E-state index in [2.05, 4.69) is 10.3 Å². The zero-order valence-corrected chi connectivity index (χ0v) is 12.2. The molecule has 0 bridgehead atoms. The number of piperidine rings is 1. The molecule has 2 rings (SSSR count). The van der Waals surface area contributed by atoms with Gasteiger partial charge in [0.1, 0.15) is 11.6 Å². The van der Waals surface area contributed by atoms with Crippen LogP contribution in [0.5, 0.6) is 0 Å². The Morgan fingerprint density at radius 1 is 1.33 bits per heavy atom. The van der Waals surface area contributed by atoms with E-state index in [1.165, 1.54) is 0 Å². The topological polar surface area (TPSA) is 37.4 Å². The summed E-state index contributed by atoms with van der Waals surface area (Å²) < 4.78 is 44.2. The lowest BCUT2D eigenvalue weighted by Gasteiger charge is -2.32. The molecule has 0 aromatic carbocycles. The Morgan fingerprint density at radius 3 is 2.52 bits per heavy atom. The second kappa shape index (κ2) is 6.51. The predicted octanol–water partition coefficient (Wildman–Crippen LogP) is 3.15. The van der Waals surface area contributed by atoms with Gasteiger partial charge < -0.3 is 15.0 Å².